The van der Waals surface area contributed by atoms with Crippen LogP contribution in [0.1, 0.15) is 42.3 Å². The van der Waals surface area contributed by atoms with E-state index >= 15 is 0 Å². The molecule has 194 valence electrons. The molecule has 1 aliphatic heterocycles. The maximum absolute atomic E-state index is 13.9. The number of anilines is 2. The third kappa shape index (κ3) is 5.30. The van der Waals surface area contributed by atoms with Crippen molar-refractivity contribution in [3.05, 3.63) is 65.2 Å². The Morgan fingerprint density at radius 1 is 1.11 bits per heavy atom. The van der Waals surface area contributed by atoms with Crippen molar-refractivity contribution in [3.8, 4) is 5.75 Å². The number of ether oxygens (including phenoxy) is 2. The van der Waals surface area contributed by atoms with E-state index in [2.05, 4.69) is 10.6 Å². The third-order valence-electron chi connectivity index (χ3n) is 6.25. The molecule has 0 spiro atoms. The summed E-state index contributed by atoms with van der Waals surface area (Å²) >= 11 is 0. The summed E-state index contributed by atoms with van der Waals surface area (Å²) in [5, 5.41) is 17.1. The van der Waals surface area contributed by atoms with Crippen LogP contribution in [0.5, 0.6) is 5.75 Å². The number of nitrogens with zero attached hydrogens (tertiary/aromatic N) is 1. The number of aryl methyl sites for hydroxylation is 1. The van der Waals surface area contributed by atoms with Crippen LogP contribution in [0.2, 0.25) is 0 Å². The van der Waals surface area contributed by atoms with Crippen LogP contribution in [0, 0.1) is 6.92 Å². The first-order chi connectivity index (χ1) is 17.5. The number of benzene rings is 3. The number of rotatable bonds is 5. The van der Waals surface area contributed by atoms with Gasteiger partial charge in [0.15, 0.2) is 0 Å². The SMILES string of the molecule is COc1ccc2c(C)c(C(=O)O)ccc2c1CN1C(=O)C(NC(=O)OC(C)(C)C)CNc2ccccc21. The maximum atomic E-state index is 13.9. The van der Waals surface area contributed by atoms with Crippen LogP contribution in [0.4, 0.5) is 16.2 Å². The number of nitrogens with one attached hydrogen (secondary N) is 2. The summed E-state index contributed by atoms with van der Waals surface area (Å²) in [6, 6.07) is 13.4. The summed E-state index contributed by atoms with van der Waals surface area (Å²) in [6.45, 7) is 7.35. The van der Waals surface area contributed by atoms with Gasteiger partial charge in [-0.25, -0.2) is 9.59 Å². The van der Waals surface area contributed by atoms with Gasteiger partial charge in [0.25, 0.3) is 5.91 Å². The van der Waals surface area contributed by atoms with Gasteiger partial charge >= 0.3 is 12.1 Å². The van der Waals surface area contributed by atoms with E-state index in [0.29, 0.717) is 17.0 Å². The molecule has 2 amide bonds. The molecule has 1 aliphatic rings. The van der Waals surface area contributed by atoms with E-state index < -0.39 is 23.7 Å². The first-order valence-corrected chi connectivity index (χ1v) is 12.0. The number of carboxylic acid groups (broad SMARTS) is 1. The molecule has 4 rings (SSSR count). The van der Waals surface area contributed by atoms with Crippen LogP contribution in [0.15, 0.2) is 48.5 Å². The second-order valence-electron chi connectivity index (χ2n) is 9.91. The minimum Gasteiger partial charge on any atom is -0.496 e. The van der Waals surface area contributed by atoms with Crippen LogP contribution in [-0.4, -0.2) is 48.4 Å². The Morgan fingerprint density at radius 2 is 1.81 bits per heavy atom. The molecule has 0 fully saturated rings. The van der Waals surface area contributed by atoms with Crippen molar-refractivity contribution in [2.24, 2.45) is 0 Å². The molecule has 1 heterocycles. The van der Waals surface area contributed by atoms with Gasteiger partial charge in [0.2, 0.25) is 0 Å². The highest BCUT2D eigenvalue weighted by molar-refractivity contribution is 6.04. The lowest BCUT2D eigenvalue weighted by molar-refractivity contribution is -0.120. The van der Waals surface area contributed by atoms with Crippen molar-refractivity contribution in [1.29, 1.82) is 0 Å². The van der Waals surface area contributed by atoms with E-state index in [-0.39, 0.29) is 24.6 Å². The number of hydrogen-bond acceptors (Lipinski definition) is 6. The molecular formula is C28H31N3O6. The standard InChI is InChI=1S/C28H31N3O6/c1-16-17-12-13-24(36-5)20(19(17)11-10-18(16)26(33)34)15-31-23-9-7-6-8-21(23)29-14-22(25(31)32)30-27(35)37-28(2,3)4/h6-13,22,29H,14-15H2,1-5H3,(H,30,35)(H,33,34). The molecule has 0 saturated heterocycles. The largest absolute Gasteiger partial charge is 0.496 e. The molecule has 0 aliphatic carbocycles. The van der Waals surface area contributed by atoms with Gasteiger partial charge < -0.3 is 30.1 Å². The van der Waals surface area contributed by atoms with Crippen LogP contribution in [-0.2, 0) is 16.1 Å². The summed E-state index contributed by atoms with van der Waals surface area (Å²) in [4.78, 5) is 39.7. The van der Waals surface area contributed by atoms with E-state index in [4.69, 9.17) is 9.47 Å². The Balaban J connectivity index is 1.79. The predicted octanol–water partition coefficient (Wildman–Crippen LogP) is 4.71. The fourth-order valence-corrected chi connectivity index (χ4v) is 4.53. The number of fused-ring (bicyclic) bond motifs is 2. The summed E-state index contributed by atoms with van der Waals surface area (Å²) < 4.78 is 11.0. The van der Waals surface area contributed by atoms with E-state index in [1.165, 1.54) is 0 Å². The van der Waals surface area contributed by atoms with Crippen molar-refractivity contribution in [2.75, 3.05) is 23.9 Å². The summed E-state index contributed by atoms with van der Waals surface area (Å²) in [5.41, 5.74) is 2.25. The summed E-state index contributed by atoms with van der Waals surface area (Å²) in [6.07, 6.45) is -0.682. The molecule has 0 saturated carbocycles. The van der Waals surface area contributed by atoms with Gasteiger partial charge in [0.1, 0.15) is 17.4 Å². The summed E-state index contributed by atoms with van der Waals surface area (Å²) in [7, 11) is 1.55. The molecule has 3 aromatic rings. The lowest BCUT2D eigenvalue weighted by Crippen LogP contribution is -2.51. The Morgan fingerprint density at radius 3 is 2.49 bits per heavy atom. The lowest BCUT2D eigenvalue weighted by atomic mass is 9.95. The second-order valence-corrected chi connectivity index (χ2v) is 9.91. The van der Waals surface area contributed by atoms with E-state index in [1.54, 1.807) is 57.9 Å². The fraction of sp³-hybridized carbons (Fsp3) is 0.321. The van der Waals surface area contributed by atoms with Crippen molar-refractivity contribution in [2.45, 2.75) is 45.9 Å². The number of methoxy groups -OCH3 is 1. The molecule has 1 atom stereocenters. The van der Waals surface area contributed by atoms with Crippen molar-refractivity contribution < 1.29 is 29.0 Å². The molecule has 0 aromatic heterocycles. The molecule has 3 N–H and O–H groups in total. The Bertz CT molecular complexity index is 1380. The van der Waals surface area contributed by atoms with Crippen molar-refractivity contribution in [1.82, 2.24) is 5.32 Å². The average molecular weight is 506 g/mol. The number of amides is 2. The van der Waals surface area contributed by atoms with E-state index in [1.807, 2.05) is 30.3 Å². The third-order valence-corrected chi connectivity index (χ3v) is 6.25. The minimum atomic E-state index is -1.00. The smallest absolute Gasteiger partial charge is 0.408 e. The molecule has 0 radical (unpaired) electrons. The zero-order chi connectivity index (χ0) is 26.9. The predicted molar refractivity (Wildman–Crippen MR) is 141 cm³/mol. The van der Waals surface area contributed by atoms with E-state index in [0.717, 1.165) is 22.0 Å². The lowest BCUT2D eigenvalue weighted by Gasteiger charge is -2.28. The molecule has 3 aromatic carbocycles. The van der Waals surface area contributed by atoms with Crippen molar-refractivity contribution in [3.63, 3.8) is 0 Å². The maximum Gasteiger partial charge on any atom is 0.408 e. The molecule has 0 bridgehead atoms. The van der Waals surface area contributed by atoms with Crippen molar-refractivity contribution >= 4 is 40.1 Å². The normalized spacial score (nSPS) is 15.4. The quantitative estimate of drug-likeness (QED) is 0.460. The number of hydrogen-bond donors (Lipinski definition) is 3. The first kappa shape index (κ1) is 25.8. The number of alkyl carbamates (subject to hydrolysis) is 1. The number of carboxylic acids is 1. The summed E-state index contributed by atoms with van der Waals surface area (Å²) in [5.74, 6) is -0.758. The van der Waals surface area contributed by atoms with Gasteiger partial charge in [-0.1, -0.05) is 24.3 Å². The fourth-order valence-electron chi connectivity index (χ4n) is 4.53. The Labute approximate surface area is 215 Å². The van der Waals surface area contributed by atoms with Gasteiger partial charge in [0, 0.05) is 12.1 Å². The number of para-hydroxylation sites is 2. The van der Waals surface area contributed by atoms with Gasteiger partial charge in [-0.05, 0) is 68.3 Å². The van der Waals surface area contributed by atoms with E-state index in [9.17, 15) is 19.5 Å². The number of carbonyl (C=O) groups excluding carboxylic acids is 2. The topological polar surface area (TPSA) is 117 Å². The number of carbonyl (C=O) groups is 3. The highest BCUT2D eigenvalue weighted by Gasteiger charge is 2.33. The Hall–Kier alpha value is -4.27. The molecule has 9 nitrogen and oxygen atoms in total. The molecule has 37 heavy (non-hydrogen) atoms. The van der Waals surface area contributed by atoms with Gasteiger partial charge in [0.05, 0.1) is 30.6 Å². The minimum absolute atomic E-state index is 0.135. The van der Waals surface area contributed by atoms with Crippen LogP contribution >= 0.6 is 0 Å². The first-order valence-electron chi connectivity index (χ1n) is 12.0. The number of aromatic carboxylic acids is 1. The highest BCUT2D eigenvalue weighted by Crippen LogP contribution is 2.36. The van der Waals surface area contributed by atoms with Crippen LogP contribution in [0.3, 0.4) is 0 Å². The Kier molecular flexibility index (Phi) is 6.98. The molecule has 1 unspecified atom stereocenters. The van der Waals surface area contributed by atoms with Gasteiger partial charge in [-0.3, -0.25) is 4.79 Å². The monoisotopic (exact) mass is 505 g/mol. The molecular weight excluding hydrogens is 474 g/mol. The zero-order valence-corrected chi connectivity index (χ0v) is 21.5. The van der Waals surface area contributed by atoms with Crippen LogP contribution < -0.4 is 20.3 Å². The molecule has 9 heteroatoms. The second kappa shape index (κ2) is 10.0. The average Bonchev–Trinajstić information content (AvgIpc) is 2.95. The van der Waals surface area contributed by atoms with Crippen LogP contribution in [0.25, 0.3) is 10.8 Å². The van der Waals surface area contributed by atoms with Gasteiger partial charge in [-0.2, -0.15) is 0 Å². The highest BCUT2D eigenvalue weighted by atomic mass is 16.6. The van der Waals surface area contributed by atoms with Gasteiger partial charge in [-0.15, -0.1) is 0 Å². The zero-order valence-electron chi connectivity index (χ0n) is 21.5.